The summed E-state index contributed by atoms with van der Waals surface area (Å²) in [5.74, 6) is -0.473. The number of hydrogen-bond donors (Lipinski definition) is 0. The third kappa shape index (κ3) is 2.66. The molecule has 2 rings (SSSR count). The maximum atomic E-state index is 13.0. The number of amides is 2. The quantitative estimate of drug-likeness (QED) is 0.847. The molecular formula is C15H19FN2O2. The van der Waals surface area contributed by atoms with Gasteiger partial charge in [-0.2, -0.15) is 0 Å². The second-order valence-corrected chi connectivity index (χ2v) is 4.81. The number of likely N-dealkylation sites (N-methyl/N-ethyl adjacent to an activating group) is 1. The zero-order chi connectivity index (χ0) is 14.7. The number of halogens is 1. The van der Waals surface area contributed by atoms with Gasteiger partial charge in [0.25, 0.3) is 0 Å². The van der Waals surface area contributed by atoms with E-state index in [4.69, 9.17) is 0 Å². The Morgan fingerprint density at radius 2 is 1.90 bits per heavy atom. The SMILES string of the molecule is CCN(CC)C(=O)C1CCC(=O)N1c1ccc(F)cc1. The molecule has 20 heavy (non-hydrogen) atoms. The van der Waals surface area contributed by atoms with Crippen LogP contribution in [-0.2, 0) is 9.59 Å². The van der Waals surface area contributed by atoms with Crippen LogP contribution in [0.2, 0.25) is 0 Å². The summed E-state index contributed by atoms with van der Waals surface area (Å²) in [6, 6.07) is 5.23. The maximum absolute atomic E-state index is 13.0. The highest BCUT2D eigenvalue weighted by atomic mass is 19.1. The van der Waals surface area contributed by atoms with E-state index in [1.54, 1.807) is 17.0 Å². The highest BCUT2D eigenvalue weighted by molar-refractivity contribution is 6.03. The van der Waals surface area contributed by atoms with E-state index < -0.39 is 6.04 Å². The third-order valence-corrected chi connectivity index (χ3v) is 3.68. The fraction of sp³-hybridized carbons (Fsp3) is 0.467. The molecule has 0 bridgehead atoms. The zero-order valence-corrected chi connectivity index (χ0v) is 11.8. The van der Waals surface area contributed by atoms with Crippen molar-refractivity contribution in [1.82, 2.24) is 4.90 Å². The second kappa shape index (κ2) is 6.03. The minimum Gasteiger partial charge on any atom is -0.341 e. The Morgan fingerprint density at radius 1 is 1.30 bits per heavy atom. The van der Waals surface area contributed by atoms with Gasteiger partial charge in [-0.05, 0) is 44.5 Å². The van der Waals surface area contributed by atoms with Crippen molar-refractivity contribution in [3.63, 3.8) is 0 Å². The van der Waals surface area contributed by atoms with Gasteiger partial charge in [0, 0.05) is 25.2 Å². The van der Waals surface area contributed by atoms with Gasteiger partial charge in [0.05, 0.1) is 0 Å². The van der Waals surface area contributed by atoms with Gasteiger partial charge < -0.3 is 4.90 Å². The molecule has 1 aromatic rings. The van der Waals surface area contributed by atoms with Crippen LogP contribution in [0, 0.1) is 5.82 Å². The van der Waals surface area contributed by atoms with Gasteiger partial charge in [0.2, 0.25) is 11.8 Å². The van der Waals surface area contributed by atoms with Crippen LogP contribution >= 0.6 is 0 Å². The van der Waals surface area contributed by atoms with Gasteiger partial charge in [0.1, 0.15) is 11.9 Å². The molecule has 1 fully saturated rings. The molecule has 0 radical (unpaired) electrons. The summed E-state index contributed by atoms with van der Waals surface area (Å²) in [4.78, 5) is 27.7. The molecule has 1 aliphatic heterocycles. The Bertz CT molecular complexity index is 497. The van der Waals surface area contributed by atoms with Crippen molar-refractivity contribution in [2.24, 2.45) is 0 Å². The van der Waals surface area contributed by atoms with Crippen molar-refractivity contribution in [2.75, 3.05) is 18.0 Å². The highest BCUT2D eigenvalue weighted by Crippen LogP contribution is 2.28. The average molecular weight is 278 g/mol. The molecule has 4 nitrogen and oxygen atoms in total. The van der Waals surface area contributed by atoms with Crippen LogP contribution in [0.4, 0.5) is 10.1 Å². The first kappa shape index (κ1) is 14.5. The van der Waals surface area contributed by atoms with Crippen molar-refractivity contribution >= 4 is 17.5 Å². The molecule has 0 saturated carbocycles. The normalized spacial score (nSPS) is 18.4. The Labute approximate surface area is 118 Å². The van der Waals surface area contributed by atoms with E-state index in [2.05, 4.69) is 0 Å². The molecular weight excluding hydrogens is 259 g/mol. The van der Waals surface area contributed by atoms with E-state index in [0.717, 1.165) is 0 Å². The summed E-state index contributed by atoms with van der Waals surface area (Å²) in [5.41, 5.74) is 0.583. The van der Waals surface area contributed by atoms with Crippen molar-refractivity contribution in [2.45, 2.75) is 32.7 Å². The number of nitrogens with zero attached hydrogens (tertiary/aromatic N) is 2. The molecule has 1 heterocycles. The number of hydrogen-bond acceptors (Lipinski definition) is 2. The van der Waals surface area contributed by atoms with Crippen LogP contribution in [0.5, 0.6) is 0 Å². The minimum absolute atomic E-state index is 0.0369. The largest absolute Gasteiger partial charge is 0.341 e. The molecule has 108 valence electrons. The van der Waals surface area contributed by atoms with E-state index >= 15 is 0 Å². The summed E-state index contributed by atoms with van der Waals surface area (Å²) in [6.45, 7) is 5.08. The number of carbonyl (C=O) groups is 2. The topological polar surface area (TPSA) is 40.6 Å². The van der Waals surface area contributed by atoms with E-state index in [0.29, 0.717) is 31.6 Å². The smallest absolute Gasteiger partial charge is 0.245 e. The fourth-order valence-electron chi connectivity index (χ4n) is 2.59. The predicted molar refractivity (Wildman–Crippen MR) is 74.8 cm³/mol. The minimum atomic E-state index is -0.465. The molecule has 1 aliphatic rings. The Balaban J connectivity index is 2.27. The van der Waals surface area contributed by atoms with Crippen LogP contribution in [0.15, 0.2) is 24.3 Å². The summed E-state index contributed by atoms with van der Waals surface area (Å²) in [7, 11) is 0. The monoisotopic (exact) mass is 278 g/mol. The lowest BCUT2D eigenvalue weighted by Gasteiger charge is -2.29. The average Bonchev–Trinajstić information content (AvgIpc) is 2.83. The Kier molecular flexibility index (Phi) is 4.37. The Hall–Kier alpha value is -1.91. The van der Waals surface area contributed by atoms with Gasteiger partial charge in [-0.3, -0.25) is 14.5 Å². The molecule has 1 atom stereocenters. The zero-order valence-electron chi connectivity index (χ0n) is 11.8. The molecule has 1 unspecified atom stereocenters. The molecule has 0 aromatic heterocycles. The van der Waals surface area contributed by atoms with Gasteiger partial charge in [-0.15, -0.1) is 0 Å². The molecule has 0 aliphatic carbocycles. The van der Waals surface area contributed by atoms with Crippen molar-refractivity contribution < 1.29 is 14.0 Å². The molecule has 1 aromatic carbocycles. The maximum Gasteiger partial charge on any atom is 0.245 e. The first-order chi connectivity index (χ1) is 9.58. The molecule has 0 N–H and O–H groups in total. The number of anilines is 1. The van der Waals surface area contributed by atoms with Crippen LogP contribution in [0.1, 0.15) is 26.7 Å². The third-order valence-electron chi connectivity index (χ3n) is 3.68. The first-order valence-corrected chi connectivity index (χ1v) is 6.94. The summed E-state index contributed by atoms with van der Waals surface area (Å²) in [6.07, 6.45) is 0.876. The summed E-state index contributed by atoms with van der Waals surface area (Å²) < 4.78 is 13.0. The standard InChI is InChI=1S/C15H19FN2O2/c1-3-17(4-2)15(20)13-9-10-14(19)18(13)12-7-5-11(16)6-8-12/h5-8,13H,3-4,9-10H2,1-2H3. The number of benzene rings is 1. The van der Waals surface area contributed by atoms with Crippen LogP contribution < -0.4 is 4.90 Å². The van der Waals surface area contributed by atoms with E-state index in [1.807, 2.05) is 13.8 Å². The predicted octanol–water partition coefficient (Wildman–Crippen LogP) is 2.19. The summed E-state index contributed by atoms with van der Waals surface area (Å²) >= 11 is 0. The molecule has 0 spiro atoms. The van der Waals surface area contributed by atoms with E-state index in [1.165, 1.54) is 17.0 Å². The Morgan fingerprint density at radius 3 is 2.45 bits per heavy atom. The van der Waals surface area contributed by atoms with Crippen molar-refractivity contribution in [1.29, 1.82) is 0 Å². The number of rotatable bonds is 4. The van der Waals surface area contributed by atoms with Gasteiger partial charge in [-0.1, -0.05) is 0 Å². The van der Waals surface area contributed by atoms with E-state index in [9.17, 15) is 14.0 Å². The van der Waals surface area contributed by atoms with Crippen LogP contribution in [0.3, 0.4) is 0 Å². The lowest BCUT2D eigenvalue weighted by molar-refractivity contribution is -0.132. The molecule has 2 amide bonds. The van der Waals surface area contributed by atoms with Gasteiger partial charge in [0.15, 0.2) is 0 Å². The van der Waals surface area contributed by atoms with Crippen molar-refractivity contribution in [3.05, 3.63) is 30.1 Å². The number of carbonyl (C=O) groups excluding carboxylic acids is 2. The fourth-order valence-corrected chi connectivity index (χ4v) is 2.59. The molecule has 5 heteroatoms. The van der Waals surface area contributed by atoms with Gasteiger partial charge >= 0.3 is 0 Å². The highest BCUT2D eigenvalue weighted by Gasteiger charge is 2.38. The van der Waals surface area contributed by atoms with Crippen LogP contribution in [-0.4, -0.2) is 35.8 Å². The van der Waals surface area contributed by atoms with Gasteiger partial charge in [-0.25, -0.2) is 4.39 Å². The van der Waals surface area contributed by atoms with Crippen LogP contribution in [0.25, 0.3) is 0 Å². The van der Waals surface area contributed by atoms with E-state index in [-0.39, 0.29) is 17.6 Å². The van der Waals surface area contributed by atoms with Crippen molar-refractivity contribution in [3.8, 4) is 0 Å². The lowest BCUT2D eigenvalue weighted by Crippen LogP contribution is -2.46. The lowest BCUT2D eigenvalue weighted by atomic mass is 10.1. The first-order valence-electron chi connectivity index (χ1n) is 6.94. The molecule has 1 saturated heterocycles. The second-order valence-electron chi connectivity index (χ2n) is 4.81. The summed E-state index contributed by atoms with van der Waals surface area (Å²) in [5, 5.41) is 0.